The lowest BCUT2D eigenvalue weighted by Crippen LogP contribution is -2.06. The lowest BCUT2D eigenvalue weighted by Gasteiger charge is -2.10. The molecular formula is C8H6BrF3OS. The molecule has 0 bridgehead atoms. The van der Waals surface area contributed by atoms with E-state index >= 15 is 0 Å². The van der Waals surface area contributed by atoms with Crippen molar-refractivity contribution in [1.29, 1.82) is 0 Å². The van der Waals surface area contributed by atoms with Gasteiger partial charge < -0.3 is 4.55 Å². The molecule has 1 nitrogen and oxygen atoms in total. The predicted octanol–water partition coefficient (Wildman–Crippen LogP) is 3.21. The Balaban J connectivity index is 3.13. The van der Waals surface area contributed by atoms with Crippen molar-refractivity contribution in [1.82, 2.24) is 0 Å². The van der Waals surface area contributed by atoms with E-state index in [4.69, 9.17) is 0 Å². The van der Waals surface area contributed by atoms with Gasteiger partial charge in [-0.2, -0.15) is 13.2 Å². The van der Waals surface area contributed by atoms with Crippen LogP contribution >= 0.6 is 15.9 Å². The van der Waals surface area contributed by atoms with Crippen LogP contribution in [0.4, 0.5) is 13.2 Å². The summed E-state index contributed by atoms with van der Waals surface area (Å²) in [5.74, 6) is 0. The third kappa shape index (κ3) is 2.65. The van der Waals surface area contributed by atoms with Crippen molar-refractivity contribution in [3.63, 3.8) is 0 Å². The van der Waals surface area contributed by atoms with E-state index in [-0.39, 0.29) is 4.47 Å². The standard InChI is InChI=1S/C8H6BrF3OS/c1-14(13)7-3-2-5(4-6(7)9)8(10,11)12/h2-4H,1H3. The summed E-state index contributed by atoms with van der Waals surface area (Å²) in [6, 6.07) is 3.06. The Bertz CT molecular complexity index is 338. The molecular weight excluding hydrogens is 281 g/mol. The van der Waals surface area contributed by atoms with E-state index in [1.165, 1.54) is 12.3 Å². The SMILES string of the molecule is C[S+]([O-])c1ccc(C(F)(F)F)cc1Br. The molecule has 0 spiro atoms. The van der Waals surface area contributed by atoms with Crippen LogP contribution in [0.25, 0.3) is 0 Å². The van der Waals surface area contributed by atoms with E-state index in [1.807, 2.05) is 0 Å². The van der Waals surface area contributed by atoms with Crippen molar-refractivity contribution in [3.05, 3.63) is 28.2 Å². The normalized spacial score (nSPS) is 14.1. The Hall–Kier alpha value is -0.200. The zero-order valence-corrected chi connectivity index (χ0v) is 9.46. The van der Waals surface area contributed by atoms with Crippen LogP contribution in [0.2, 0.25) is 0 Å². The highest BCUT2D eigenvalue weighted by Crippen LogP contribution is 2.33. The highest BCUT2D eigenvalue weighted by atomic mass is 79.9. The summed E-state index contributed by atoms with van der Waals surface area (Å²) in [6.45, 7) is 0. The average molecular weight is 287 g/mol. The van der Waals surface area contributed by atoms with Crippen molar-refractivity contribution in [3.8, 4) is 0 Å². The van der Waals surface area contributed by atoms with Crippen molar-refractivity contribution >= 4 is 27.1 Å². The fourth-order valence-corrected chi connectivity index (χ4v) is 2.57. The predicted molar refractivity (Wildman–Crippen MR) is 51.5 cm³/mol. The Morgan fingerprint density at radius 2 is 1.93 bits per heavy atom. The minimum absolute atomic E-state index is 0.216. The van der Waals surface area contributed by atoms with E-state index in [9.17, 15) is 17.7 Å². The highest BCUT2D eigenvalue weighted by molar-refractivity contribution is 9.10. The van der Waals surface area contributed by atoms with Crippen LogP contribution in [0.15, 0.2) is 27.6 Å². The van der Waals surface area contributed by atoms with Crippen molar-refractivity contribution in [2.75, 3.05) is 6.26 Å². The molecule has 0 saturated heterocycles. The van der Waals surface area contributed by atoms with Crippen LogP contribution in [0.1, 0.15) is 5.56 Å². The molecule has 1 rings (SSSR count). The van der Waals surface area contributed by atoms with E-state index in [0.29, 0.717) is 4.90 Å². The molecule has 6 heteroatoms. The second kappa shape index (κ2) is 4.12. The third-order valence-corrected chi connectivity index (χ3v) is 3.46. The van der Waals surface area contributed by atoms with Crippen LogP contribution in [0, 0.1) is 0 Å². The summed E-state index contributed by atoms with van der Waals surface area (Å²) in [4.78, 5) is 0.359. The van der Waals surface area contributed by atoms with E-state index < -0.39 is 22.9 Å². The molecule has 0 fully saturated rings. The second-order valence-electron chi connectivity index (χ2n) is 2.60. The number of halogens is 4. The molecule has 0 aliphatic rings. The Morgan fingerprint density at radius 1 is 1.36 bits per heavy atom. The molecule has 0 aliphatic carbocycles. The van der Waals surface area contributed by atoms with E-state index in [1.54, 1.807) is 0 Å². The Kier molecular flexibility index (Phi) is 3.49. The van der Waals surface area contributed by atoms with Gasteiger partial charge in [0.2, 0.25) is 0 Å². The lowest BCUT2D eigenvalue weighted by molar-refractivity contribution is -0.137. The van der Waals surface area contributed by atoms with Crippen molar-refractivity contribution in [2.24, 2.45) is 0 Å². The van der Waals surface area contributed by atoms with E-state index in [0.717, 1.165) is 12.1 Å². The van der Waals surface area contributed by atoms with Crippen LogP contribution in [-0.2, 0) is 17.4 Å². The smallest absolute Gasteiger partial charge is 0.416 e. The van der Waals surface area contributed by atoms with Gasteiger partial charge in [-0.3, -0.25) is 0 Å². The van der Waals surface area contributed by atoms with Gasteiger partial charge in [-0.15, -0.1) is 0 Å². The van der Waals surface area contributed by atoms with Gasteiger partial charge in [-0.05, 0) is 45.3 Å². The first kappa shape index (κ1) is 11.9. The topological polar surface area (TPSA) is 23.1 Å². The molecule has 1 aromatic rings. The number of hydrogen-bond acceptors (Lipinski definition) is 1. The van der Waals surface area contributed by atoms with Crippen LogP contribution in [0.5, 0.6) is 0 Å². The molecule has 0 saturated carbocycles. The fraction of sp³-hybridized carbons (Fsp3) is 0.250. The van der Waals surface area contributed by atoms with Gasteiger partial charge in [0.1, 0.15) is 6.26 Å². The summed E-state index contributed by atoms with van der Waals surface area (Å²) in [6.07, 6.45) is -2.95. The molecule has 1 atom stereocenters. The number of benzene rings is 1. The maximum absolute atomic E-state index is 12.2. The van der Waals surface area contributed by atoms with Gasteiger partial charge in [-0.25, -0.2) is 0 Å². The lowest BCUT2D eigenvalue weighted by atomic mass is 10.2. The molecule has 0 N–H and O–H groups in total. The number of rotatable bonds is 1. The summed E-state index contributed by atoms with van der Waals surface area (Å²) >= 11 is 1.66. The van der Waals surface area contributed by atoms with Crippen molar-refractivity contribution < 1.29 is 17.7 Å². The minimum Gasteiger partial charge on any atom is -0.612 e. The monoisotopic (exact) mass is 286 g/mol. The van der Waals surface area contributed by atoms with Gasteiger partial charge in [0, 0.05) is 0 Å². The summed E-state index contributed by atoms with van der Waals surface area (Å²) in [7, 11) is 0. The molecule has 1 aromatic carbocycles. The van der Waals surface area contributed by atoms with Crippen LogP contribution in [-0.4, -0.2) is 10.8 Å². The first-order valence-electron chi connectivity index (χ1n) is 3.52. The molecule has 0 aliphatic heterocycles. The van der Waals surface area contributed by atoms with Gasteiger partial charge >= 0.3 is 6.18 Å². The molecule has 0 aromatic heterocycles. The first-order valence-corrected chi connectivity index (χ1v) is 5.87. The molecule has 1 unspecified atom stereocenters. The van der Waals surface area contributed by atoms with Gasteiger partial charge in [0.05, 0.1) is 10.0 Å². The van der Waals surface area contributed by atoms with Gasteiger partial charge in [0.25, 0.3) is 0 Å². The highest BCUT2D eigenvalue weighted by Gasteiger charge is 2.31. The molecule has 0 radical (unpaired) electrons. The van der Waals surface area contributed by atoms with Gasteiger partial charge in [0.15, 0.2) is 4.90 Å². The molecule has 14 heavy (non-hydrogen) atoms. The molecule has 0 amide bonds. The Morgan fingerprint density at radius 3 is 2.29 bits per heavy atom. The zero-order valence-electron chi connectivity index (χ0n) is 7.06. The number of alkyl halides is 3. The maximum atomic E-state index is 12.2. The summed E-state index contributed by atoms with van der Waals surface area (Å²) < 4.78 is 47.9. The van der Waals surface area contributed by atoms with Crippen LogP contribution < -0.4 is 0 Å². The third-order valence-electron chi connectivity index (χ3n) is 1.57. The van der Waals surface area contributed by atoms with Crippen molar-refractivity contribution in [2.45, 2.75) is 11.1 Å². The first-order chi connectivity index (χ1) is 6.32. The maximum Gasteiger partial charge on any atom is 0.416 e. The molecule has 78 valence electrons. The summed E-state index contributed by atoms with van der Waals surface area (Å²) in [5.41, 5.74) is -0.751. The van der Waals surface area contributed by atoms with Crippen LogP contribution in [0.3, 0.4) is 0 Å². The quantitative estimate of drug-likeness (QED) is 0.727. The molecule has 0 heterocycles. The summed E-state index contributed by atoms with van der Waals surface area (Å²) in [5, 5.41) is 0. The average Bonchev–Trinajstić information content (AvgIpc) is 2.01. The van der Waals surface area contributed by atoms with E-state index in [2.05, 4.69) is 15.9 Å². The van der Waals surface area contributed by atoms with Gasteiger partial charge in [-0.1, -0.05) is 0 Å². The fourth-order valence-electron chi connectivity index (χ4n) is 0.910. The second-order valence-corrected chi connectivity index (χ2v) is 4.80. The Labute approximate surface area is 90.6 Å². The largest absolute Gasteiger partial charge is 0.612 e. The minimum atomic E-state index is -4.36. The zero-order chi connectivity index (χ0) is 10.9. The number of hydrogen-bond donors (Lipinski definition) is 0.